The van der Waals surface area contributed by atoms with Crippen molar-refractivity contribution in [1.29, 1.82) is 0 Å². The van der Waals surface area contributed by atoms with Gasteiger partial charge in [-0.15, -0.1) is 0 Å². The highest BCUT2D eigenvalue weighted by atomic mass is 32.1. The Labute approximate surface area is 94.5 Å². The molecule has 0 bridgehead atoms. The first-order valence-corrected chi connectivity index (χ1v) is 5.41. The third-order valence-electron chi connectivity index (χ3n) is 2.67. The molecular weight excluding hydrogens is 208 g/mol. The number of hydrogen-bond acceptors (Lipinski definition) is 2. The minimum absolute atomic E-state index is 0.305. The van der Waals surface area contributed by atoms with E-state index in [0.717, 1.165) is 11.5 Å². The van der Waals surface area contributed by atoms with Crippen molar-refractivity contribution in [3.63, 3.8) is 0 Å². The lowest BCUT2D eigenvalue weighted by molar-refractivity contribution is 0.474. The highest BCUT2D eigenvalue weighted by molar-refractivity contribution is 7.80. The highest BCUT2D eigenvalue weighted by Gasteiger charge is 2.25. The lowest BCUT2D eigenvalue weighted by atomic mass is 10.0. The first-order chi connectivity index (χ1) is 7.15. The molecule has 80 valence electrons. The van der Waals surface area contributed by atoms with Gasteiger partial charge < -0.3 is 15.7 Å². The van der Waals surface area contributed by atoms with Crippen molar-refractivity contribution in [3.8, 4) is 5.75 Å². The molecule has 15 heavy (non-hydrogen) atoms. The minimum atomic E-state index is 0.305. The maximum atomic E-state index is 9.16. The molecule has 1 aliphatic heterocycles. The Kier molecular flexibility index (Phi) is 2.77. The molecule has 0 aromatic heterocycles. The molecular formula is C11H14N2OS. The smallest absolute Gasteiger partial charge is 0.166 e. The van der Waals surface area contributed by atoms with Crippen LogP contribution in [0, 0.1) is 0 Å². The summed E-state index contributed by atoms with van der Waals surface area (Å²) in [5.41, 5.74) is 1.20. The number of phenols is 1. The lowest BCUT2D eigenvalue weighted by Gasteiger charge is -2.14. The van der Waals surface area contributed by atoms with E-state index in [4.69, 9.17) is 17.3 Å². The average Bonchev–Trinajstić information content (AvgIpc) is 2.49. The Morgan fingerprint density at radius 1 is 1.27 bits per heavy atom. The SMILES string of the molecule is CC1NC(=S)NC1Cc1ccc(O)cc1. The maximum absolute atomic E-state index is 9.16. The van der Waals surface area contributed by atoms with Gasteiger partial charge in [0.1, 0.15) is 5.75 Å². The van der Waals surface area contributed by atoms with Gasteiger partial charge in [0.25, 0.3) is 0 Å². The van der Waals surface area contributed by atoms with E-state index in [9.17, 15) is 0 Å². The first kappa shape index (κ1) is 10.2. The Morgan fingerprint density at radius 2 is 1.93 bits per heavy atom. The van der Waals surface area contributed by atoms with Gasteiger partial charge in [0.15, 0.2) is 5.11 Å². The number of aromatic hydroxyl groups is 1. The van der Waals surface area contributed by atoms with Crippen LogP contribution in [0.3, 0.4) is 0 Å². The number of hydrogen-bond donors (Lipinski definition) is 3. The van der Waals surface area contributed by atoms with E-state index < -0.39 is 0 Å². The predicted octanol–water partition coefficient (Wildman–Crippen LogP) is 1.17. The molecule has 3 N–H and O–H groups in total. The fourth-order valence-electron chi connectivity index (χ4n) is 1.76. The summed E-state index contributed by atoms with van der Waals surface area (Å²) in [5, 5.41) is 16.3. The van der Waals surface area contributed by atoms with E-state index in [1.807, 2.05) is 12.1 Å². The number of benzene rings is 1. The summed E-state index contributed by atoms with van der Waals surface area (Å²) < 4.78 is 0. The van der Waals surface area contributed by atoms with E-state index in [0.29, 0.717) is 17.8 Å². The lowest BCUT2D eigenvalue weighted by Crippen LogP contribution is -2.32. The van der Waals surface area contributed by atoms with Crippen molar-refractivity contribution < 1.29 is 5.11 Å². The molecule has 1 aromatic rings. The fourth-order valence-corrected chi connectivity index (χ4v) is 2.09. The van der Waals surface area contributed by atoms with E-state index >= 15 is 0 Å². The molecule has 0 radical (unpaired) electrons. The number of thiocarbonyl (C=S) groups is 1. The first-order valence-electron chi connectivity index (χ1n) is 5.00. The molecule has 3 nitrogen and oxygen atoms in total. The zero-order valence-corrected chi connectivity index (χ0v) is 9.34. The quantitative estimate of drug-likeness (QED) is 0.657. The number of nitrogens with one attached hydrogen (secondary N) is 2. The molecule has 0 spiro atoms. The highest BCUT2D eigenvalue weighted by Crippen LogP contribution is 2.13. The van der Waals surface area contributed by atoms with Gasteiger partial charge >= 0.3 is 0 Å². The van der Waals surface area contributed by atoms with Crippen LogP contribution < -0.4 is 10.6 Å². The monoisotopic (exact) mass is 222 g/mol. The van der Waals surface area contributed by atoms with Gasteiger partial charge in [-0.2, -0.15) is 0 Å². The molecule has 2 unspecified atom stereocenters. The van der Waals surface area contributed by atoms with Crippen LogP contribution in [0.2, 0.25) is 0 Å². The number of rotatable bonds is 2. The summed E-state index contributed by atoms with van der Waals surface area (Å²) in [5.74, 6) is 0.305. The van der Waals surface area contributed by atoms with Crippen molar-refractivity contribution in [2.24, 2.45) is 0 Å². The van der Waals surface area contributed by atoms with E-state index in [-0.39, 0.29) is 0 Å². The third-order valence-corrected chi connectivity index (χ3v) is 2.91. The topological polar surface area (TPSA) is 44.3 Å². The Hall–Kier alpha value is -1.29. The molecule has 1 saturated heterocycles. The van der Waals surface area contributed by atoms with E-state index in [2.05, 4.69) is 17.6 Å². The van der Waals surface area contributed by atoms with Crippen LogP contribution in [0.4, 0.5) is 0 Å². The van der Waals surface area contributed by atoms with Gasteiger partial charge in [0.05, 0.1) is 6.04 Å². The number of phenolic OH excluding ortho intramolecular Hbond substituents is 1. The van der Waals surface area contributed by atoms with E-state index in [1.54, 1.807) is 12.1 Å². The molecule has 1 aromatic carbocycles. The molecule has 0 amide bonds. The second kappa shape index (κ2) is 4.06. The molecule has 2 rings (SSSR count). The summed E-state index contributed by atoms with van der Waals surface area (Å²) in [6.45, 7) is 2.11. The molecule has 1 fully saturated rings. The maximum Gasteiger partial charge on any atom is 0.166 e. The van der Waals surface area contributed by atoms with Crippen LogP contribution in [-0.4, -0.2) is 22.3 Å². The third kappa shape index (κ3) is 2.39. The second-order valence-electron chi connectivity index (χ2n) is 3.88. The molecule has 0 saturated carbocycles. The van der Waals surface area contributed by atoms with Gasteiger partial charge in [-0.1, -0.05) is 12.1 Å². The van der Waals surface area contributed by atoms with Crippen LogP contribution in [0.25, 0.3) is 0 Å². The van der Waals surface area contributed by atoms with Gasteiger partial charge in [-0.25, -0.2) is 0 Å². The van der Waals surface area contributed by atoms with Gasteiger partial charge in [0, 0.05) is 6.04 Å². The molecule has 4 heteroatoms. The van der Waals surface area contributed by atoms with Crippen LogP contribution >= 0.6 is 12.2 Å². The largest absolute Gasteiger partial charge is 0.508 e. The zero-order chi connectivity index (χ0) is 10.8. The van der Waals surface area contributed by atoms with Crippen molar-refractivity contribution >= 4 is 17.3 Å². The molecule has 0 aliphatic carbocycles. The van der Waals surface area contributed by atoms with Crippen molar-refractivity contribution in [2.75, 3.05) is 0 Å². The standard InChI is InChI=1S/C11H14N2OS/c1-7-10(13-11(15)12-7)6-8-2-4-9(14)5-3-8/h2-5,7,10,14H,6H2,1H3,(H2,12,13,15). The van der Waals surface area contributed by atoms with Crippen LogP contribution in [-0.2, 0) is 6.42 Å². The van der Waals surface area contributed by atoms with Crippen LogP contribution in [0.5, 0.6) is 5.75 Å². The second-order valence-corrected chi connectivity index (χ2v) is 4.29. The van der Waals surface area contributed by atoms with Gasteiger partial charge in [-0.05, 0) is 43.3 Å². The summed E-state index contributed by atoms with van der Waals surface area (Å²) in [4.78, 5) is 0. The fraction of sp³-hybridized carbons (Fsp3) is 0.364. The van der Waals surface area contributed by atoms with Crippen molar-refractivity contribution in [3.05, 3.63) is 29.8 Å². The molecule has 1 heterocycles. The van der Waals surface area contributed by atoms with Crippen molar-refractivity contribution in [2.45, 2.75) is 25.4 Å². The molecule has 1 aliphatic rings. The Balaban J connectivity index is 2.03. The normalized spacial score (nSPS) is 24.7. The van der Waals surface area contributed by atoms with E-state index in [1.165, 1.54) is 5.56 Å². The van der Waals surface area contributed by atoms with Gasteiger partial charge in [0.2, 0.25) is 0 Å². The Morgan fingerprint density at radius 3 is 2.47 bits per heavy atom. The summed E-state index contributed by atoms with van der Waals surface area (Å²) in [6, 6.07) is 7.98. The van der Waals surface area contributed by atoms with Crippen LogP contribution in [0.15, 0.2) is 24.3 Å². The minimum Gasteiger partial charge on any atom is -0.508 e. The summed E-state index contributed by atoms with van der Waals surface area (Å²) in [6.07, 6.45) is 0.911. The zero-order valence-electron chi connectivity index (χ0n) is 8.53. The van der Waals surface area contributed by atoms with Gasteiger partial charge in [-0.3, -0.25) is 0 Å². The van der Waals surface area contributed by atoms with Crippen LogP contribution in [0.1, 0.15) is 12.5 Å². The summed E-state index contributed by atoms with van der Waals surface area (Å²) in [7, 11) is 0. The van der Waals surface area contributed by atoms with Crippen molar-refractivity contribution in [1.82, 2.24) is 10.6 Å². The molecule has 2 atom stereocenters. The predicted molar refractivity (Wildman–Crippen MR) is 63.9 cm³/mol. The summed E-state index contributed by atoms with van der Waals surface area (Å²) >= 11 is 5.05. The Bertz CT molecular complexity index is 363. The average molecular weight is 222 g/mol.